The molecule has 1 unspecified atom stereocenters. The summed E-state index contributed by atoms with van der Waals surface area (Å²) in [5, 5.41) is 0. The highest BCUT2D eigenvalue weighted by atomic mass is 16.5. The number of fused-ring (bicyclic) bond motifs is 2. The predicted octanol–water partition coefficient (Wildman–Crippen LogP) is 5.09. The van der Waals surface area contributed by atoms with Crippen LogP contribution in [0.5, 0.6) is 5.75 Å². The SMILES string of the molecule is CCCN1CCc2cccc3c2C1Cc1ccc(C)c(OC(=O)C(C)C)c1-3. The molecule has 27 heavy (non-hydrogen) atoms. The lowest BCUT2D eigenvalue weighted by Crippen LogP contribution is -2.38. The third-order valence-electron chi connectivity index (χ3n) is 5.95. The average molecular weight is 364 g/mol. The van der Waals surface area contributed by atoms with E-state index in [9.17, 15) is 4.79 Å². The van der Waals surface area contributed by atoms with Crippen molar-refractivity contribution in [1.29, 1.82) is 0 Å². The summed E-state index contributed by atoms with van der Waals surface area (Å²) in [6.07, 6.45) is 3.26. The van der Waals surface area contributed by atoms with Gasteiger partial charge in [0.1, 0.15) is 5.75 Å². The minimum Gasteiger partial charge on any atom is -0.425 e. The number of carbonyl (C=O) groups excluding carboxylic acids is 1. The maximum atomic E-state index is 12.4. The van der Waals surface area contributed by atoms with Gasteiger partial charge in [-0.3, -0.25) is 9.69 Å². The molecule has 0 N–H and O–H groups in total. The van der Waals surface area contributed by atoms with Crippen molar-refractivity contribution in [1.82, 2.24) is 4.90 Å². The molecule has 0 spiro atoms. The van der Waals surface area contributed by atoms with Crippen molar-refractivity contribution in [3.63, 3.8) is 0 Å². The van der Waals surface area contributed by atoms with Crippen LogP contribution in [-0.2, 0) is 17.6 Å². The van der Waals surface area contributed by atoms with E-state index in [1.165, 1.54) is 28.7 Å². The summed E-state index contributed by atoms with van der Waals surface area (Å²) < 4.78 is 5.91. The van der Waals surface area contributed by atoms with E-state index in [4.69, 9.17) is 4.74 Å². The third-order valence-corrected chi connectivity index (χ3v) is 5.95. The van der Waals surface area contributed by atoms with E-state index in [-0.39, 0.29) is 11.9 Å². The van der Waals surface area contributed by atoms with Crippen LogP contribution in [0.1, 0.15) is 55.5 Å². The highest BCUT2D eigenvalue weighted by Gasteiger charge is 2.35. The smallest absolute Gasteiger partial charge is 0.313 e. The number of esters is 1. The van der Waals surface area contributed by atoms with Crippen molar-refractivity contribution in [2.24, 2.45) is 5.92 Å². The van der Waals surface area contributed by atoms with E-state index < -0.39 is 0 Å². The van der Waals surface area contributed by atoms with E-state index in [1.54, 1.807) is 0 Å². The molecule has 3 heteroatoms. The molecule has 0 radical (unpaired) electrons. The van der Waals surface area contributed by atoms with E-state index in [1.807, 2.05) is 20.8 Å². The fourth-order valence-corrected chi connectivity index (χ4v) is 4.58. The number of carbonyl (C=O) groups is 1. The van der Waals surface area contributed by atoms with Gasteiger partial charge in [0.2, 0.25) is 0 Å². The van der Waals surface area contributed by atoms with Crippen molar-refractivity contribution >= 4 is 5.97 Å². The Kier molecular flexibility index (Phi) is 4.81. The summed E-state index contributed by atoms with van der Waals surface area (Å²) in [6.45, 7) is 10.3. The lowest BCUT2D eigenvalue weighted by Gasteiger charge is -2.42. The third kappa shape index (κ3) is 3.08. The Hall–Kier alpha value is -2.13. The van der Waals surface area contributed by atoms with Crippen LogP contribution in [0.2, 0.25) is 0 Å². The fraction of sp³-hybridized carbons (Fsp3) is 0.458. The largest absolute Gasteiger partial charge is 0.425 e. The average Bonchev–Trinajstić information content (AvgIpc) is 2.66. The van der Waals surface area contributed by atoms with Gasteiger partial charge in [-0.25, -0.2) is 0 Å². The zero-order chi connectivity index (χ0) is 19.1. The molecule has 2 aromatic carbocycles. The molecule has 0 fully saturated rings. The Morgan fingerprint density at radius 2 is 2.04 bits per heavy atom. The van der Waals surface area contributed by atoms with Gasteiger partial charge < -0.3 is 4.74 Å². The maximum Gasteiger partial charge on any atom is 0.313 e. The van der Waals surface area contributed by atoms with Crippen molar-refractivity contribution in [3.05, 3.63) is 52.6 Å². The van der Waals surface area contributed by atoms with E-state index in [2.05, 4.69) is 42.2 Å². The number of aryl methyl sites for hydroxylation is 1. The number of benzene rings is 2. The molecule has 1 heterocycles. The Morgan fingerprint density at radius 1 is 1.22 bits per heavy atom. The monoisotopic (exact) mass is 363 g/mol. The summed E-state index contributed by atoms with van der Waals surface area (Å²) >= 11 is 0. The first-order valence-electron chi connectivity index (χ1n) is 10.2. The summed E-state index contributed by atoms with van der Waals surface area (Å²) in [5.41, 5.74) is 7.63. The number of rotatable bonds is 4. The Balaban J connectivity index is 1.88. The number of nitrogens with zero attached hydrogens (tertiary/aromatic N) is 1. The molecular weight excluding hydrogens is 334 g/mol. The summed E-state index contributed by atoms with van der Waals surface area (Å²) in [7, 11) is 0. The van der Waals surface area contributed by atoms with Crippen LogP contribution >= 0.6 is 0 Å². The lowest BCUT2D eigenvalue weighted by molar-refractivity contribution is -0.137. The molecule has 0 saturated carbocycles. The lowest BCUT2D eigenvalue weighted by atomic mass is 9.76. The maximum absolute atomic E-state index is 12.4. The van der Waals surface area contributed by atoms with Crippen molar-refractivity contribution in [3.8, 4) is 16.9 Å². The van der Waals surface area contributed by atoms with E-state index >= 15 is 0 Å². The molecule has 1 aliphatic carbocycles. The van der Waals surface area contributed by atoms with Crippen LogP contribution in [0.25, 0.3) is 11.1 Å². The second-order valence-corrected chi connectivity index (χ2v) is 8.21. The minimum atomic E-state index is -0.161. The molecule has 1 atom stereocenters. The molecule has 0 bridgehead atoms. The highest BCUT2D eigenvalue weighted by molar-refractivity contribution is 5.85. The van der Waals surface area contributed by atoms with Gasteiger partial charge in [0.25, 0.3) is 0 Å². The van der Waals surface area contributed by atoms with Gasteiger partial charge in [-0.15, -0.1) is 0 Å². The zero-order valence-electron chi connectivity index (χ0n) is 16.8. The fourth-order valence-electron chi connectivity index (χ4n) is 4.58. The van der Waals surface area contributed by atoms with E-state index in [0.717, 1.165) is 42.8 Å². The minimum absolute atomic E-state index is 0.138. The highest BCUT2D eigenvalue weighted by Crippen LogP contribution is 2.49. The molecule has 0 aromatic heterocycles. The van der Waals surface area contributed by atoms with Crippen molar-refractivity contribution in [2.75, 3.05) is 13.1 Å². The molecular formula is C24H29NO2. The normalized spacial score (nSPS) is 18.2. The first-order chi connectivity index (χ1) is 13.0. The Labute approximate surface area is 162 Å². The van der Waals surface area contributed by atoms with Gasteiger partial charge in [0.15, 0.2) is 0 Å². The van der Waals surface area contributed by atoms with Gasteiger partial charge in [-0.05, 0) is 60.5 Å². The predicted molar refractivity (Wildman–Crippen MR) is 109 cm³/mol. The molecule has 2 aliphatic rings. The number of hydrogen-bond acceptors (Lipinski definition) is 3. The molecule has 1 aliphatic heterocycles. The first kappa shape index (κ1) is 18.2. The molecule has 0 amide bonds. The second kappa shape index (κ2) is 7.12. The quantitative estimate of drug-likeness (QED) is 0.560. The van der Waals surface area contributed by atoms with Gasteiger partial charge >= 0.3 is 5.97 Å². The zero-order valence-corrected chi connectivity index (χ0v) is 16.8. The van der Waals surface area contributed by atoms with Crippen LogP contribution < -0.4 is 4.74 Å². The van der Waals surface area contributed by atoms with Crippen molar-refractivity contribution < 1.29 is 9.53 Å². The van der Waals surface area contributed by atoms with E-state index in [0.29, 0.717) is 6.04 Å². The number of ether oxygens (including phenoxy) is 1. The molecule has 2 aromatic rings. The van der Waals surface area contributed by atoms with Crippen molar-refractivity contribution in [2.45, 2.75) is 53.0 Å². The van der Waals surface area contributed by atoms with Crippen LogP contribution in [0.4, 0.5) is 0 Å². The van der Waals surface area contributed by atoms with Crippen LogP contribution in [-0.4, -0.2) is 24.0 Å². The first-order valence-corrected chi connectivity index (χ1v) is 10.2. The van der Waals surface area contributed by atoms with Crippen LogP contribution in [0.3, 0.4) is 0 Å². The van der Waals surface area contributed by atoms with Gasteiger partial charge in [0.05, 0.1) is 5.92 Å². The Morgan fingerprint density at radius 3 is 2.78 bits per heavy atom. The molecule has 3 nitrogen and oxygen atoms in total. The van der Waals surface area contributed by atoms with Gasteiger partial charge in [-0.2, -0.15) is 0 Å². The summed E-state index contributed by atoms with van der Waals surface area (Å²) in [6, 6.07) is 11.4. The molecule has 142 valence electrons. The standard InChI is InChI=1S/C24H29NO2/c1-5-12-25-13-11-17-7-6-8-19-21(17)20(25)14-18-10-9-16(4)23(22(18)19)27-24(26)15(2)3/h6-10,15,20H,5,11-14H2,1-4H3. The molecule has 4 rings (SSSR count). The second-order valence-electron chi connectivity index (χ2n) is 8.21. The molecule has 0 saturated heterocycles. The number of hydrogen-bond donors (Lipinski definition) is 0. The summed E-state index contributed by atoms with van der Waals surface area (Å²) in [5.74, 6) is 0.457. The Bertz CT molecular complexity index is 884. The van der Waals surface area contributed by atoms with Crippen LogP contribution in [0, 0.1) is 12.8 Å². The van der Waals surface area contributed by atoms with Gasteiger partial charge in [-0.1, -0.05) is 51.1 Å². The topological polar surface area (TPSA) is 29.5 Å². The van der Waals surface area contributed by atoms with Gasteiger partial charge in [0, 0.05) is 18.2 Å². The summed E-state index contributed by atoms with van der Waals surface area (Å²) in [4.78, 5) is 15.0. The van der Waals surface area contributed by atoms with Crippen LogP contribution in [0.15, 0.2) is 30.3 Å².